The fourth-order valence-electron chi connectivity index (χ4n) is 6.86. The summed E-state index contributed by atoms with van der Waals surface area (Å²) in [5.41, 5.74) is 4.38. The molecule has 2 aromatic rings. The zero-order chi connectivity index (χ0) is 24.6. The van der Waals surface area contributed by atoms with Crippen LogP contribution in [-0.4, -0.2) is 23.3 Å². The van der Waals surface area contributed by atoms with Crippen LogP contribution >= 0.6 is 0 Å². The summed E-state index contributed by atoms with van der Waals surface area (Å²) in [5, 5.41) is 11.5. The smallest absolute Gasteiger partial charge is 0.388 e. The highest BCUT2D eigenvalue weighted by atomic mass is 19.4. The van der Waals surface area contributed by atoms with Crippen LogP contribution in [0, 0.1) is 5.41 Å². The Morgan fingerprint density at radius 1 is 1.03 bits per heavy atom. The van der Waals surface area contributed by atoms with Crippen molar-refractivity contribution in [2.45, 2.75) is 96.1 Å². The molecule has 2 spiro atoms. The van der Waals surface area contributed by atoms with Crippen LogP contribution in [0.25, 0.3) is 0 Å². The van der Waals surface area contributed by atoms with E-state index in [1.54, 1.807) is 0 Å². The van der Waals surface area contributed by atoms with Gasteiger partial charge in [-0.15, -0.1) is 0 Å². The van der Waals surface area contributed by atoms with E-state index in [0.29, 0.717) is 31.6 Å². The maximum atomic E-state index is 13.2. The van der Waals surface area contributed by atoms with E-state index in [1.165, 1.54) is 18.6 Å². The van der Waals surface area contributed by atoms with Gasteiger partial charge in [-0.25, -0.2) is 0 Å². The molecule has 2 aliphatic heterocycles. The molecule has 0 unspecified atom stereocenters. The first-order valence-electron chi connectivity index (χ1n) is 12.8. The molecular formula is C29H36F3NO3. The van der Waals surface area contributed by atoms with Crippen molar-refractivity contribution in [2.75, 3.05) is 13.2 Å². The van der Waals surface area contributed by atoms with Gasteiger partial charge in [-0.05, 0) is 60.3 Å². The third-order valence-electron chi connectivity index (χ3n) is 8.75. The number of pyridine rings is 1. The van der Waals surface area contributed by atoms with Crippen molar-refractivity contribution < 1.29 is 27.8 Å². The molecule has 0 bridgehead atoms. The van der Waals surface area contributed by atoms with E-state index in [0.717, 1.165) is 65.9 Å². The Morgan fingerprint density at radius 2 is 1.69 bits per heavy atom. The van der Waals surface area contributed by atoms with Crippen LogP contribution in [0.4, 0.5) is 13.2 Å². The van der Waals surface area contributed by atoms with E-state index in [9.17, 15) is 18.3 Å². The average Bonchev–Trinajstić information content (AvgIpc) is 3.11. The normalized spacial score (nSPS) is 25.9. The fourth-order valence-corrected chi connectivity index (χ4v) is 6.86. The van der Waals surface area contributed by atoms with Crippen molar-refractivity contribution in [1.82, 2.24) is 4.98 Å². The molecule has 6 rings (SSSR count). The number of nitrogens with zero attached hydrogens (tertiary/aromatic N) is 1. The van der Waals surface area contributed by atoms with Gasteiger partial charge in [0.25, 0.3) is 0 Å². The third-order valence-corrected chi connectivity index (χ3v) is 8.75. The van der Waals surface area contributed by atoms with Crippen LogP contribution < -0.4 is 0 Å². The second-order valence-electron chi connectivity index (χ2n) is 11.3. The molecule has 1 saturated carbocycles. The molecule has 36 heavy (non-hydrogen) atoms. The number of hydrogen-bond acceptors (Lipinski definition) is 4. The standard InChI is InChI=1S/C28H32F3NO3.CH4/c1-16(2)24-22-23(21-19(32-24)14-26(8-3-9-26)15-20(21)33)27(10-12-34-13-11-27)35-25(22)17-4-6-18(7-5-17)28(29,30)31;/h4-7,16,20,25,33H,3,8-15H2,1-2H3;1H4/t20-,25+;/m0./s1. The second-order valence-corrected chi connectivity index (χ2v) is 11.3. The minimum atomic E-state index is -4.39. The number of ether oxygens (including phenoxy) is 2. The van der Waals surface area contributed by atoms with Crippen molar-refractivity contribution in [3.63, 3.8) is 0 Å². The monoisotopic (exact) mass is 503 g/mol. The Morgan fingerprint density at radius 3 is 2.25 bits per heavy atom. The molecule has 0 amide bonds. The van der Waals surface area contributed by atoms with E-state index >= 15 is 0 Å². The fraction of sp³-hybridized carbons (Fsp3) is 0.621. The first-order valence-corrected chi connectivity index (χ1v) is 12.8. The predicted octanol–water partition coefficient (Wildman–Crippen LogP) is 7.14. The maximum absolute atomic E-state index is 13.2. The van der Waals surface area contributed by atoms with Gasteiger partial charge in [0, 0.05) is 48.6 Å². The molecule has 4 nitrogen and oxygen atoms in total. The number of benzene rings is 1. The first-order chi connectivity index (χ1) is 16.6. The number of rotatable bonds is 2. The highest BCUT2D eigenvalue weighted by molar-refractivity contribution is 5.54. The Hall–Kier alpha value is -1.96. The van der Waals surface area contributed by atoms with Crippen molar-refractivity contribution in [3.05, 3.63) is 63.5 Å². The lowest BCUT2D eigenvalue weighted by atomic mass is 9.58. The highest BCUT2D eigenvalue weighted by Crippen LogP contribution is 2.60. The van der Waals surface area contributed by atoms with Gasteiger partial charge in [-0.2, -0.15) is 13.2 Å². The van der Waals surface area contributed by atoms with Gasteiger partial charge in [0.1, 0.15) is 6.10 Å². The molecule has 0 radical (unpaired) electrons. The van der Waals surface area contributed by atoms with Gasteiger partial charge in [0.05, 0.1) is 17.3 Å². The molecule has 2 aliphatic carbocycles. The van der Waals surface area contributed by atoms with E-state index in [4.69, 9.17) is 14.5 Å². The van der Waals surface area contributed by atoms with E-state index in [1.807, 2.05) is 0 Å². The summed E-state index contributed by atoms with van der Waals surface area (Å²) < 4.78 is 52.3. The molecular weight excluding hydrogens is 467 g/mol. The molecule has 3 heterocycles. The summed E-state index contributed by atoms with van der Waals surface area (Å²) in [4.78, 5) is 5.17. The lowest BCUT2D eigenvalue weighted by Crippen LogP contribution is -2.40. The number of fused-ring (bicyclic) bond motifs is 4. The summed E-state index contributed by atoms with van der Waals surface area (Å²) in [5.74, 6) is 0.112. The minimum absolute atomic E-state index is 0. The Labute approximate surface area is 211 Å². The predicted molar refractivity (Wildman–Crippen MR) is 131 cm³/mol. The summed E-state index contributed by atoms with van der Waals surface area (Å²) in [6, 6.07) is 5.31. The van der Waals surface area contributed by atoms with Gasteiger partial charge in [-0.1, -0.05) is 39.8 Å². The van der Waals surface area contributed by atoms with Gasteiger partial charge >= 0.3 is 6.18 Å². The van der Waals surface area contributed by atoms with Crippen LogP contribution in [0.3, 0.4) is 0 Å². The quantitative estimate of drug-likeness (QED) is 0.473. The largest absolute Gasteiger partial charge is 0.416 e. The third kappa shape index (κ3) is 3.89. The van der Waals surface area contributed by atoms with Crippen LogP contribution in [0.1, 0.15) is 117 Å². The number of aliphatic hydroxyl groups is 1. The Balaban J connectivity index is 0.00000267. The van der Waals surface area contributed by atoms with Crippen molar-refractivity contribution >= 4 is 0 Å². The van der Waals surface area contributed by atoms with Crippen LogP contribution in [0.15, 0.2) is 24.3 Å². The molecule has 1 saturated heterocycles. The minimum Gasteiger partial charge on any atom is -0.388 e. The summed E-state index contributed by atoms with van der Waals surface area (Å²) in [7, 11) is 0. The summed E-state index contributed by atoms with van der Waals surface area (Å²) in [6.07, 6.45) is 0.877. The molecule has 1 aromatic heterocycles. The van der Waals surface area contributed by atoms with Crippen molar-refractivity contribution in [1.29, 1.82) is 0 Å². The lowest BCUT2D eigenvalue weighted by molar-refractivity contribution is -0.137. The van der Waals surface area contributed by atoms with E-state index < -0.39 is 29.5 Å². The SMILES string of the molecule is C.CC(C)c1nc2c(c3c1[C@@H](c1ccc(C(F)(F)F)cc1)OC31CCOCC1)[C@@H](O)CC1(CCC1)C2. The molecule has 2 fully saturated rings. The molecule has 7 heteroatoms. The van der Waals surface area contributed by atoms with E-state index in [-0.39, 0.29) is 18.8 Å². The average molecular weight is 504 g/mol. The zero-order valence-electron chi connectivity index (χ0n) is 20.3. The second kappa shape index (κ2) is 8.81. The van der Waals surface area contributed by atoms with Crippen molar-refractivity contribution in [2.24, 2.45) is 5.41 Å². The Kier molecular flexibility index (Phi) is 6.29. The molecule has 196 valence electrons. The van der Waals surface area contributed by atoms with Gasteiger partial charge in [0.15, 0.2) is 0 Å². The number of hydrogen-bond donors (Lipinski definition) is 1. The first kappa shape index (κ1) is 25.7. The van der Waals surface area contributed by atoms with Crippen LogP contribution in [0.2, 0.25) is 0 Å². The van der Waals surface area contributed by atoms with E-state index in [2.05, 4.69) is 13.8 Å². The zero-order valence-corrected chi connectivity index (χ0v) is 20.3. The van der Waals surface area contributed by atoms with Crippen LogP contribution in [0.5, 0.6) is 0 Å². The molecule has 2 atom stereocenters. The van der Waals surface area contributed by atoms with Crippen LogP contribution in [-0.2, 0) is 27.7 Å². The lowest BCUT2D eigenvalue weighted by Gasteiger charge is -2.48. The molecule has 1 aromatic carbocycles. The van der Waals surface area contributed by atoms with Gasteiger partial charge in [0.2, 0.25) is 0 Å². The number of aliphatic hydroxyl groups excluding tert-OH is 1. The molecule has 1 N–H and O–H groups in total. The molecule has 4 aliphatic rings. The number of halogens is 3. The summed E-state index contributed by atoms with van der Waals surface area (Å²) >= 11 is 0. The highest BCUT2D eigenvalue weighted by Gasteiger charge is 2.53. The van der Waals surface area contributed by atoms with Crippen molar-refractivity contribution in [3.8, 4) is 0 Å². The van der Waals surface area contributed by atoms with Gasteiger partial charge in [-0.3, -0.25) is 4.98 Å². The number of alkyl halides is 3. The number of aromatic nitrogens is 1. The van der Waals surface area contributed by atoms with Gasteiger partial charge < -0.3 is 14.6 Å². The Bertz CT molecular complexity index is 1130. The summed E-state index contributed by atoms with van der Waals surface area (Å²) in [6.45, 7) is 5.30. The topological polar surface area (TPSA) is 51.6 Å². The maximum Gasteiger partial charge on any atom is 0.416 e.